The van der Waals surface area contributed by atoms with Gasteiger partial charge in [-0.15, -0.1) is 0 Å². The van der Waals surface area contributed by atoms with E-state index < -0.39 is 10.1 Å². The van der Waals surface area contributed by atoms with Crippen molar-refractivity contribution in [3.63, 3.8) is 0 Å². The molecule has 5 heteroatoms. The van der Waals surface area contributed by atoms with Crippen molar-refractivity contribution in [2.45, 2.75) is 6.10 Å². The van der Waals surface area contributed by atoms with Gasteiger partial charge in [-0.25, -0.2) is 0 Å². The van der Waals surface area contributed by atoms with Crippen LogP contribution >= 0.6 is 0 Å². The van der Waals surface area contributed by atoms with Crippen LogP contribution in [0.1, 0.15) is 11.7 Å². The van der Waals surface area contributed by atoms with Crippen LogP contribution in [0, 0.1) is 0 Å². The summed E-state index contributed by atoms with van der Waals surface area (Å²) in [6.45, 7) is -0.000648. The van der Waals surface area contributed by atoms with Gasteiger partial charge in [-0.05, 0) is 5.56 Å². The Balaban J connectivity index is 2.66. The van der Waals surface area contributed by atoms with Crippen molar-refractivity contribution in [3.05, 3.63) is 35.9 Å². The van der Waals surface area contributed by atoms with Crippen molar-refractivity contribution in [1.82, 2.24) is 0 Å². The molecule has 0 radical (unpaired) electrons. The van der Waals surface area contributed by atoms with E-state index in [-0.39, 0.29) is 12.7 Å². The van der Waals surface area contributed by atoms with Gasteiger partial charge in [0, 0.05) is 7.11 Å². The number of benzene rings is 1. The molecule has 0 N–H and O–H groups in total. The standard InChI is InChI=1S/C10H14O4S/c1-13-10(8-14-15(2,11)12)9-6-4-3-5-7-9/h3-7,10H,8H2,1-2H3/t10-/m1/s1. The molecule has 4 nitrogen and oxygen atoms in total. The van der Waals surface area contributed by atoms with E-state index in [4.69, 9.17) is 4.74 Å². The summed E-state index contributed by atoms with van der Waals surface area (Å²) in [6.07, 6.45) is 0.658. The van der Waals surface area contributed by atoms with Crippen molar-refractivity contribution in [3.8, 4) is 0 Å². The first kappa shape index (κ1) is 12.2. The van der Waals surface area contributed by atoms with E-state index in [1.165, 1.54) is 7.11 Å². The Kier molecular flexibility index (Phi) is 4.26. The normalized spacial score (nSPS) is 13.7. The van der Waals surface area contributed by atoms with Crippen LogP contribution in [0.2, 0.25) is 0 Å². The lowest BCUT2D eigenvalue weighted by atomic mass is 10.1. The van der Waals surface area contributed by atoms with Crippen LogP contribution in [0.4, 0.5) is 0 Å². The molecule has 0 saturated heterocycles. The highest BCUT2D eigenvalue weighted by Crippen LogP contribution is 2.16. The van der Waals surface area contributed by atoms with Crippen LogP contribution in [-0.2, 0) is 19.0 Å². The first-order valence-corrected chi connectivity index (χ1v) is 6.26. The predicted molar refractivity (Wildman–Crippen MR) is 57.0 cm³/mol. The lowest BCUT2D eigenvalue weighted by Gasteiger charge is -2.14. The van der Waals surface area contributed by atoms with Crippen molar-refractivity contribution >= 4 is 10.1 Å². The largest absolute Gasteiger partial charge is 0.374 e. The number of rotatable bonds is 5. The Labute approximate surface area is 90.0 Å². The zero-order valence-electron chi connectivity index (χ0n) is 8.71. The molecule has 1 rings (SSSR count). The molecule has 84 valence electrons. The number of ether oxygens (including phenoxy) is 1. The molecule has 1 aromatic carbocycles. The van der Waals surface area contributed by atoms with E-state index in [0.29, 0.717) is 0 Å². The first-order chi connectivity index (χ1) is 7.03. The molecule has 15 heavy (non-hydrogen) atoms. The average molecular weight is 230 g/mol. The van der Waals surface area contributed by atoms with Gasteiger partial charge in [0.2, 0.25) is 0 Å². The van der Waals surface area contributed by atoms with Crippen LogP contribution in [0.3, 0.4) is 0 Å². The molecular weight excluding hydrogens is 216 g/mol. The van der Waals surface area contributed by atoms with Gasteiger partial charge in [-0.2, -0.15) is 8.42 Å². The topological polar surface area (TPSA) is 52.6 Å². The van der Waals surface area contributed by atoms with E-state index in [9.17, 15) is 8.42 Å². The molecule has 0 aromatic heterocycles. The van der Waals surface area contributed by atoms with E-state index in [0.717, 1.165) is 11.8 Å². The zero-order chi connectivity index (χ0) is 11.3. The van der Waals surface area contributed by atoms with Gasteiger partial charge in [0.05, 0.1) is 12.9 Å². The number of hydrogen-bond acceptors (Lipinski definition) is 4. The maximum Gasteiger partial charge on any atom is 0.264 e. The Hall–Kier alpha value is -0.910. The molecular formula is C10H14O4S. The fraction of sp³-hybridized carbons (Fsp3) is 0.400. The zero-order valence-corrected chi connectivity index (χ0v) is 9.53. The maximum atomic E-state index is 10.8. The lowest BCUT2D eigenvalue weighted by molar-refractivity contribution is 0.0602. The van der Waals surface area contributed by atoms with Gasteiger partial charge in [-0.3, -0.25) is 4.18 Å². The molecule has 0 amide bonds. The van der Waals surface area contributed by atoms with Crippen molar-refractivity contribution in [1.29, 1.82) is 0 Å². The predicted octanol–water partition coefficient (Wildman–Crippen LogP) is 1.35. The minimum Gasteiger partial charge on any atom is -0.374 e. The third-order valence-electron chi connectivity index (χ3n) is 1.89. The van der Waals surface area contributed by atoms with Crippen LogP contribution in [0.15, 0.2) is 30.3 Å². The van der Waals surface area contributed by atoms with Gasteiger partial charge >= 0.3 is 0 Å². The number of hydrogen-bond donors (Lipinski definition) is 0. The lowest BCUT2D eigenvalue weighted by Crippen LogP contribution is -2.13. The summed E-state index contributed by atoms with van der Waals surface area (Å²) >= 11 is 0. The van der Waals surface area contributed by atoms with Gasteiger partial charge < -0.3 is 4.74 Å². The third kappa shape index (κ3) is 4.42. The van der Waals surface area contributed by atoms with Gasteiger partial charge in [0.25, 0.3) is 10.1 Å². The summed E-state index contributed by atoms with van der Waals surface area (Å²) in [7, 11) is -1.90. The highest BCUT2D eigenvalue weighted by atomic mass is 32.2. The van der Waals surface area contributed by atoms with Crippen LogP contribution in [0.5, 0.6) is 0 Å². The maximum absolute atomic E-state index is 10.8. The molecule has 0 heterocycles. The van der Waals surface area contributed by atoms with E-state index in [1.807, 2.05) is 30.3 Å². The Morgan fingerprint density at radius 2 is 1.87 bits per heavy atom. The molecule has 0 aliphatic heterocycles. The van der Waals surface area contributed by atoms with E-state index >= 15 is 0 Å². The SMILES string of the molecule is CO[C@H](COS(C)(=O)=O)c1ccccc1. The van der Waals surface area contributed by atoms with Crippen molar-refractivity contribution < 1.29 is 17.3 Å². The van der Waals surface area contributed by atoms with Gasteiger partial charge in [-0.1, -0.05) is 30.3 Å². The summed E-state index contributed by atoms with van der Waals surface area (Å²) in [5.41, 5.74) is 0.892. The molecule has 0 fully saturated rings. The van der Waals surface area contributed by atoms with Crippen LogP contribution in [0.25, 0.3) is 0 Å². The minimum atomic E-state index is -3.42. The molecule has 0 saturated carbocycles. The highest BCUT2D eigenvalue weighted by molar-refractivity contribution is 7.85. The molecule has 1 atom stereocenters. The third-order valence-corrected chi connectivity index (χ3v) is 2.45. The summed E-state index contributed by atoms with van der Waals surface area (Å²) < 4.78 is 31.4. The second-order valence-electron chi connectivity index (χ2n) is 3.12. The first-order valence-electron chi connectivity index (χ1n) is 4.45. The van der Waals surface area contributed by atoms with E-state index in [1.54, 1.807) is 0 Å². The summed E-state index contributed by atoms with van der Waals surface area (Å²) in [5, 5.41) is 0. The quantitative estimate of drug-likeness (QED) is 0.716. The summed E-state index contributed by atoms with van der Waals surface area (Å²) in [5.74, 6) is 0. The Bertz CT molecular complexity index is 385. The molecule has 0 spiro atoms. The van der Waals surface area contributed by atoms with Crippen molar-refractivity contribution in [2.75, 3.05) is 20.0 Å². The molecule has 0 aliphatic rings. The fourth-order valence-corrected chi connectivity index (χ4v) is 1.52. The Morgan fingerprint density at radius 1 is 1.27 bits per heavy atom. The van der Waals surface area contributed by atoms with Gasteiger partial charge in [0.15, 0.2) is 0 Å². The van der Waals surface area contributed by atoms with Crippen LogP contribution in [-0.4, -0.2) is 28.4 Å². The smallest absolute Gasteiger partial charge is 0.264 e. The molecule has 0 bridgehead atoms. The highest BCUT2D eigenvalue weighted by Gasteiger charge is 2.13. The molecule has 0 unspecified atom stereocenters. The van der Waals surface area contributed by atoms with Gasteiger partial charge in [0.1, 0.15) is 6.10 Å². The fourth-order valence-electron chi connectivity index (χ4n) is 1.15. The number of methoxy groups -OCH3 is 1. The average Bonchev–Trinajstić information content (AvgIpc) is 2.19. The second-order valence-corrected chi connectivity index (χ2v) is 4.77. The van der Waals surface area contributed by atoms with Crippen molar-refractivity contribution in [2.24, 2.45) is 0 Å². The monoisotopic (exact) mass is 230 g/mol. The van der Waals surface area contributed by atoms with E-state index in [2.05, 4.69) is 4.18 Å². The van der Waals surface area contributed by atoms with Crippen LogP contribution < -0.4 is 0 Å². The Morgan fingerprint density at radius 3 is 2.33 bits per heavy atom. The molecule has 1 aromatic rings. The molecule has 0 aliphatic carbocycles. The summed E-state index contributed by atoms with van der Waals surface area (Å²) in [6, 6.07) is 9.33. The second kappa shape index (κ2) is 5.25. The summed E-state index contributed by atoms with van der Waals surface area (Å²) in [4.78, 5) is 0. The minimum absolute atomic E-state index is 0.000648.